The van der Waals surface area contributed by atoms with E-state index in [1.165, 1.54) is 0 Å². The van der Waals surface area contributed by atoms with Gasteiger partial charge >= 0.3 is 0 Å². The highest BCUT2D eigenvalue weighted by atomic mass is 16.5. The maximum Gasteiger partial charge on any atom is 0.254 e. The van der Waals surface area contributed by atoms with Gasteiger partial charge in [0.25, 0.3) is 5.91 Å². The molecule has 2 aromatic rings. The molecule has 1 unspecified atom stereocenters. The fraction of sp³-hybridized carbons (Fsp3) is 0.312. The van der Waals surface area contributed by atoms with Crippen LogP contribution in [0, 0.1) is 0 Å². The zero-order valence-electron chi connectivity index (χ0n) is 11.4. The smallest absolute Gasteiger partial charge is 0.254 e. The Kier molecular flexibility index (Phi) is 3.46. The van der Waals surface area contributed by atoms with Crippen molar-refractivity contribution in [3.63, 3.8) is 0 Å². The zero-order valence-corrected chi connectivity index (χ0v) is 11.4. The number of carbonyl (C=O) groups excluding carboxylic acids is 1. The van der Waals surface area contributed by atoms with E-state index >= 15 is 0 Å². The van der Waals surface area contributed by atoms with Gasteiger partial charge in [0.05, 0.1) is 13.4 Å². The van der Waals surface area contributed by atoms with E-state index in [1.54, 1.807) is 19.4 Å². The Labute approximate surface area is 118 Å². The van der Waals surface area contributed by atoms with Crippen molar-refractivity contribution >= 4 is 5.91 Å². The van der Waals surface area contributed by atoms with Gasteiger partial charge < -0.3 is 14.1 Å². The Balaban J connectivity index is 1.72. The molecule has 1 saturated heterocycles. The van der Waals surface area contributed by atoms with Gasteiger partial charge in [-0.2, -0.15) is 0 Å². The van der Waals surface area contributed by atoms with E-state index < -0.39 is 0 Å². The second-order valence-corrected chi connectivity index (χ2v) is 4.98. The van der Waals surface area contributed by atoms with Crippen LogP contribution in [0.3, 0.4) is 0 Å². The van der Waals surface area contributed by atoms with Gasteiger partial charge in [-0.1, -0.05) is 6.07 Å². The first-order valence-electron chi connectivity index (χ1n) is 6.74. The lowest BCUT2D eigenvalue weighted by atomic mass is 10.1. The Bertz CT molecular complexity index is 592. The van der Waals surface area contributed by atoms with E-state index in [4.69, 9.17) is 9.15 Å². The first kappa shape index (κ1) is 12.8. The number of likely N-dealkylation sites (tertiary alicyclic amines) is 1. The number of nitrogens with zero attached hydrogens (tertiary/aromatic N) is 1. The number of furan rings is 1. The molecule has 0 spiro atoms. The minimum atomic E-state index is 0.0537. The molecule has 0 radical (unpaired) electrons. The molecule has 1 aromatic carbocycles. The third kappa shape index (κ3) is 2.41. The van der Waals surface area contributed by atoms with Gasteiger partial charge in [0, 0.05) is 24.6 Å². The molecule has 1 atom stereocenters. The first-order valence-corrected chi connectivity index (χ1v) is 6.74. The number of carbonyl (C=O) groups is 1. The molecule has 0 aliphatic carbocycles. The van der Waals surface area contributed by atoms with Crippen LogP contribution >= 0.6 is 0 Å². The molecular formula is C16H17NO3. The quantitative estimate of drug-likeness (QED) is 0.862. The lowest BCUT2D eigenvalue weighted by Gasteiger charge is -2.16. The lowest BCUT2D eigenvalue weighted by molar-refractivity contribution is 0.0789. The molecule has 20 heavy (non-hydrogen) atoms. The van der Waals surface area contributed by atoms with E-state index in [1.807, 2.05) is 35.2 Å². The molecule has 0 bridgehead atoms. The molecule has 1 aliphatic rings. The van der Waals surface area contributed by atoms with Crippen LogP contribution < -0.4 is 4.74 Å². The third-order valence-corrected chi connectivity index (χ3v) is 3.74. The summed E-state index contributed by atoms with van der Waals surface area (Å²) >= 11 is 0. The summed E-state index contributed by atoms with van der Waals surface area (Å²) in [5, 5.41) is 0. The Morgan fingerprint density at radius 2 is 2.25 bits per heavy atom. The van der Waals surface area contributed by atoms with Crippen molar-refractivity contribution in [3.05, 3.63) is 54.0 Å². The van der Waals surface area contributed by atoms with Gasteiger partial charge in [0.2, 0.25) is 0 Å². The largest absolute Gasteiger partial charge is 0.497 e. The molecule has 2 heterocycles. The number of methoxy groups -OCH3 is 1. The van der Waals surface area contributed by atoms with Crippen molar-refractivity contribution in [3.8, 4) is 5.75 Å². The van der Waals surface area contributed by atoms with E-state index in [0.717, 1.165) is 18.7 Å². The highest BCUT2D eigenvalue weighted by Gasteiger charge is 2.29. The molecule has 4 heteroatoms. The topological polar surface area (TPSA) is 42.7 Å². The van der Waals surface area contributed by atoms with Gasteiger partial charge in [0.1, 0.15) is 11.5 Å². The summed E-state index contributed by atoms with van der Waals surface area (Å²) in [6.45, 7) is 1.48. The Morgan fingerprint density at radius 1 is 1.35 bits per heavy atom. The van der Waals surface area contributed by atoms with Crippen molar-refractivity contribution in [1.82, 2.24) is 4.90 Å². The third-order valence-electron chi connectivity index (χ3n) is 3.74. The zero-order chi connectivity index (χ0) is 13.9. The standard InChI is InChI=1S/C16H17NO3/c1-19-14-5-2-4-12(10-14)16(18)17-8-7-13(11-17)15-6-3-9-20-15/h2-6,9-10,13H,7-8,11H2,1H3. The first-order chi connectivity index (χ1) is 9.78. The molecule has 0 N–H and O–H groups in total. The normalized spacial score (nSPS) is 18.2. The van der Waals surface area contributed by atoms with Gasteiger partial charge in [-0.15, -0.1) is 0 Å². The monoisotopic (exact) mass is 271 g/mol. The Hall–Kier alpha value is -2.23. The average Bonchev–Trinajstić information content (AvgIpc) is 3.17. The summed E-state index contributed by atoms with van der Waals surface area (Å²) in [4.78, 5) is 14.3. The van der Waals surface area contributed by atoms with Crippen molar-refractivity contribution in [2.45, 2.75) is 12.3 Å². The number of amides is 1. The van der Waals surface area contributed by atoms with Crippen LogP contribution in [0.4, 0.5) is 0 Å². The van der Waals surface area contributed by atoms with Crippen molar-refractivity contribution < 1.29 is 13.9 Å². The predicted molar refractivity (Wildman–Crippen MR) is 75.0 cm³/mol. The number of hydrogen-bond donors (Lipinski definition) is 0. The lowest BCUT2D eigenvalue weighted by Crippen LogP contribution is -2.28. The second kappa shape index (κ2) is 5.41. The van der Waals surface area contributed by atoms with Crippen molar-refractivity contribution in [2.24, 2.45) is 0 Å². The van der Waals surface area contributed by atoms with Gasteiger partial charge in [-0.05, 0) is 36.8 Å². The fourth-order valence-electron chi connectivity index (χ4n) is 2.64. The highest BCUT2D eigenvalue weighted by molar-refractivity contribution is 5.94. The molecule has 1 aromatic heterocycles. The fourth-order valence-corrected chi connectivity index (χ4v) is 2.64. The van der Waals surface area contributed by atoms with Crippen LogP contribution in [-0.4, -0.2) is 31.0 Å². The molecule has 104 valence electrons. The molecule has 1 amide bonds. The summed E-state index contributed by atoms with van der Waals surface area (Å²) in [6, 6.07) is 11.2. The summed E-state index contributed by atoms with van der Waals surface area (Å²) in [6.07, 6.45) is 2.63. The van der Waals surface area contributed by atoms with E-state index in [9.17, 15) is 4.79 Å². The van der Waals surface area contributed by atoms with Gasteiger partial charge in [-0.25, -0.2) is 0 Å². The molecular weight excluding hydrogens is 254 g/mol. The maximum atomic E-state index is 12.5. The Morgan fingerprint density at radius 3 is 3.00 bits per heavy atom. The van der Waals surface area contributed by atoms with Crippen LogP contribution in [0.25, 0.3) is 0 Å². The van der Waals surface area contributed by atoms with E-state index in [0.29, 0.717) is 23.8 Å². The minimum absolute atomic E-state index is 0.0537. The van der Waals surface area contributed by atoms with Crippen LogP contribution in [0.5, 0.6) is 5.75 Å². The summed E-state index contributed by atoms with van der Waals surface area (Å²) < 4.78 is 10.6. The SMILES string of the molecule is COc1cccc(C(=O)N2CCC(c3ccco3)C2)c1. The maximum absolute atomic E-state index is 12.5. The number of benzene rings is 1. The number of ether oxygens (including phenoxy) is 1. The summed E-state index contributed by atoms with van der Waals surface area (Å²) in [7, 11) is 1.60. The molecule has 1 fully saturated rings. The van der Waals surface area contributed by atoms with E-state index in [-0.39, 0.29) is 5.91 Å². The number of rotatable bonds is 3. The second-order valence-electron chi connectivity index (χ2n) is 4.98. The molecule has 0 saturated carbocycles. The average molecular weight is 271 g/mol. The summed E-state index contributed by atoms with van der Waals surface area (Å²) in [5.74, 6) is 2.03. The van der Waals surface area contributed by atoms with Crippen LogP contribution in [0.1, 0.15) is 28.5 Å². The summed E-state index contributed by atoms with van der Waals surface area (Å²) in [5.41, 5.74) is 0.671. The molecule has 1 aliphatic heterocycles. The van der Waals surface area contributed by atoms with Crippen LogP contribution in [0.2, 0.25) is 0 Å². The van der Waals surface area contributed by atoms with Crippen molar-refractivity contribution in [2.75, 3.05) is 20.2 Å². The van der Waals surface area contributed by atoms with Gasteiger partial charge in [-0.3, -0.25) is 4.79 Å². The van der Waals surface area contributed by atoms with Crippen LogP contribution in [-0.2, 0) is 0 Å². The number of hydrogen-bond acceptors (Lipinski definition) is 3. The minimum Gasteiger partial charge on any atom is -0.497 e. The van der Waals surface area contributed by atoms with E-state index in [2.05, 4.69) is 0 Å². The predicted octanol–water partition coefficient (Wildman–Crippen LogP) is 2.92. The van der Waals surface area contributed by atoms with Crippen LogP contribution in [0.15, 0.2) is 47.1 Å². The van der Waals surface area contributed by atoms with Crippen molar-refractivity contribution in [1.29, 1.82) is 0 Å². The molecule has 4 nitrogen and oxygen atoms in total. The highest BCUT2D eigenvalue weighted by Crippen LogP contribution is 2.28. The molecule has 3 rings (SSSR count). The van der Waals surface area contributed by atoms with Gasteiger partial charge in [0.15, 0.2) is 0 Å².